The highest BCUT2D eigenvalue weighted by Gasteiger charge is 2.15. The number of hydrogen-bond donors (Lipinski definition) is 2. The molecule has 0 bridgehead atoms. The highest BCUT2D eigenvalue weighted by molar-refractivity contribution is 7.89. The molecule has 0 saturated heterocycles. The van der Waals surface area contributed by atoms with E-state index in [0.717, 1.165) is 4.68 Å². The van der Waals surface area contributed by atoms with E-state index in [1.165, 1.54) is 12.1 Å². The molecule has 0 aliphatic carbocycles. The van der Waals surface area contributed by atoms with Crippen molar-refractivity contribution in [2.45, 2.75) is 11.4 Å². The van der Waals surface area contributed by atoms with Crippen molar-refractivity contribution in [1.29, 1.82) is 0 Å². The van der Waals surface area contributed by atoms with Crippen molar-refractivity contribution < 1.29 is 8.42 Å². The summed E-state index contributed by atoms with van der Waals surface area (Å²) in [6.07, 6.45) is 0. The largest absolute Gasteiger partial charge is 0.335 e. The van der Waals surface area contributed by atoms with Crippen LogP contribution in [-0.4, -0.2) is 18.1 Å². The summed E-state index contributed by atoms with van der Waals surface area (Å²) < 4.78 is 27.6. The van der Waals surface area contributed by atoms with Crippen LogP contribution in [0, 0.1) is 0 Å². The third-order valence-corrected chi connectivity index (χ3v) is 4.77. The topological polar surface area (TPSA) is 107 Å². The predicted octanol–water partition coefficient (Wildman–Crippen LogP) is 0.589. The van der Waals surface area contributed by atoms with Crippen molar-refractivity contribution in [3.63, 3.8) is 0 Å². The lowest BCUT2D eigenvalue weighted by molar-refractivity contribution is 0.577. The maximum atomic E-state index is 12.2. The number of hydrogen-bond acceptors (Lipinski definition) is 5. The van der Waals surface area contributed by atoms with E-state index in [-0.39, 0.29) is 17.3 Å². The van der Waals surface area contributed by atoms with Crippen molar-refractivity contribution in [2.24, 2.45) is 0 Å². The molecule has 3 N–H and O–H groups in total. The second kappa shape index (κ2) is 5.82. The van der Waals surface area contributed by atoms with Gasteiger partial charge in [0.2, 0.25) is 10.0 Å². The zero-order valence-corrected chi connectivity index (χ0v) is 12.8. The van der Waals surface area contributed by atoms with Crippen LogP contribution in [0.15, 0.2) is 64.3 Å². The van der Waals surface area contributed by atoms with Gasteiger partial charge in [-0.05, 0) is 24.3 Å². The summed E-state index contributed by atoms with van der Waals surface area (Å²) in [4.78, 5) is 16.5. The van der Waals surface area contributed by atoms with E-state index in [2.05, 4.69) is 9.71 Å². The molecule has 8 heteroatoms. The number of benzene rings is 2. The molecule has 0 fully saturated rings. The van der Waals surface area contributed by atoms with E-state index in [0.29, 0.717) is 10.9 Å². The van der Waals surface area contributed by atoms with Crippen molar-refractivity contribution >= 4 is 20.9 Å². The summed E-state index contributed by atoms with van der Waals surface area (Å²) >= 11 is 0. The summed E-state index contributed by atoms with van der Waals surface area (Å²) in [6.45, 7) is -0.187. The molecule has 0 aliphatic rings. The van der Waals surface area contributed by atoms with E-state index in [1.807, 2.05) is 0 Å². The molecule has 23 heavy (non-hydrogen) atoms. The Bertz CT molecular complexity index is 1010. The number of nitrogens with two attached hydrogens (primary N) is 1. The van der Waals surface area contributed by atoms with Crippen LogP contribution in [0.2, 0.25) is 0 Å². The normalized spacial score (nSPS) is 11.7. The number of sulfonamides is 1. The van der Waals surface area contributed by atoms with Gasteiger partial charge in [0.15, 0.2) is 0 Å². The second-order valence-corrected chi connectivity index (χ2v) is 6.62. The molecular weight excluding hydrogens is 316 g/mol. The summed E-state index contributed by atoms with van der Waals surface area (Å²) in [5.74, 6) is 5.86. The van der Waals surface area contributed by atoms with Gasteiger partial charge in [-0.1, -0.05) is 30.3 Å². The van der Waals surface area contributed by atoms with Crippen molar-refractivity contribution in [3.05, 3.63) is 70.8 Å². The Morgan fingerprint density at radius 3 is 2.43 bits per heavy atom. The van der Waals surface area contributed by atoms with Gasteiger partial charge in [-0.3, -0.25) is 4.79 Å². The maximum Gasteiger partial charge on any atom is 0.279 e. The van der Waals surface area contributed by atoms with Gasteiger partial charge in [-0.2, -0.15) is 0 Å². The van der Waals surface area contributed by atoms with E-state index in [4.69, 9.17) is 5.84 Å². The van der Waals surface area contributed by atoms with Crippen LogP contribution in [-0.2, 0) is 16.6 Å². The Balaban J connectivity index is 1.94. The maximum absolute atomic E-state index is 12.2. The van der Waals surface area contributed by atoms with E-state index in [9.17, 15) is 13.2 Å². The van der Waals surface area contributed by atoms with E-state index in [1.54, 1.807) is 42.5 Å². The second-order valence-electron chi connectivity index (χ2n) is 4.86. The van der Waals surface area contributed by atoms with Gasteiger partial charge in [-0.25, -0.2) is 22.8 Å². The molecule has 0 radical (unpaired) electrons. The summed E-state index contributed by atoms with van der Waals surface area (Å²) in [5, 5.41) is 0.379. The fourth-order valence-electron chi connectivity index (χ4n) is 2.16. The summed E-state index contributed by atoms with van der Waals surface area (Å²) in [5.41, 5.74) is 0.0395. The van der Waals surface area contributed by atoms with Crippen LogP contribution in [0.25, 0.3) is 10.9 Å². The number of aromatic nitrogens is 2. The first-order chi connectivity index (χ1) is 11.0. The highest BCUT2D eigenvalue weighted by atomic mass is 32.2. The minimum absolute atomic E-state index is 0.131. The minimum Gasteiger partial charge on any atom is -0.335 e. The Morgan fingerprint density at radius 2 is 1.70 bits per heavy atom. The third-order valence-electron chi connectivity index (χ3n) is 3.35. The Hall–Kier alpha value is -2.71. The number of nitrogens with one attached hydrogen (secondary N) is 1. The van der Waals surface area contributed by atoms with Crippen molar-refractivity contribution in [3.8, 4) is 0 Å². The summed E-state index contributed by atoms with van der Waals surface area (Å²) in [7, 11) is -3.70. The average Bonchev–Trinajstić information content (AvgIpc) is 2.58. The number of nitrogens with zero attached hydrogens (tertiary/aromatic N) is 2. The van der Waals surface area contributed by atoms with Crippen LogP contribution in [0.5, 0.6) is 0 Å². The standard InChI is InChI=1S/C15H14N4O3S/c16-19-14(18-13-9-5-4-8-12(13)15(19)20)10-17-23(21,22)11-6-2-1-3-7-11/h1-9,17H,10,16H2. The summed E-state index contributed by atoms with van der Waals surface area (Å²) in [6, 6.07) is 14.7. The van der Waals surface area contributed by atoms with Crippen LogP contribution in [0.3, 0.4) is 0 Å². The van der Waals surface area contributed by atoms with Crippen molar-refractivity contribution in [2.75, 3.05) is 5.84 Å². The lowest BCUT2D eigenvalue weighted by Crippen LogP contribution is -2.35. The first kappa shape index (κ1) is 15.2. The Kier molecular flexibility index (Phi) is 3.85. The van der Waals surface area contributed by atoms with Gasteiger partial charge in [0.05, 0.1) is 22.3 Å². The lowest BCUT2D eigenvalue weighted by atomic mass is 10.2. The van der Waals surface area contributed by atoms with Gasteiger partial charge in [0, 0.05) is 0 Å². The number of para-hydroxylation sites is 1. The molecule has 0 aliphatic heterocycles. The van der Waals surface area contributed by atoms with Crippen molar-refractivity contribution in [1.82, 2.24) is 14.4 Å². The number of nitrogen functional groups attached to an aromatic ring is 1. The molecule has 0 spiro atoms. The Morgan fingerprint density at radius 1 is 1.04 bits per heavy atom. The average molecular weight is 330 g/mol. The highest BCUT2D eigenvalue weighted by Crippen LogP contribution is 2.09. The van der Waals surface area contributed by atoms with Crippen LogP contribution in [0.4, 0.5) is 0 Å². The third kappa shape index (κ3) is 2.94. The molecule has 1 heterocycles. The van der Waals surface area contributed by atoms with Gasteiger partial charge < -0.3 is 5.84 Å². The fraction of sp³-hybridized carbons (Fsp3) is 0.0667. The molecule has 1 aromatic heterocycles. The van der Waals surface area contributed by atoms with Gasteiger partial charge >= 0.3 is 0 Å². The first-order valence-electron chi connectivity index (χ1n) is 6.79. The zero-order valence-electron chi connectivity index (χ0n) is 12.0. The first-order valence-corrected chi connectivity index (χ1v) is 8.28. The Labute approximate surface area is 132 Å². The molecule has 3 aromatic rings. The zero-order chi connectivity index (χ0) is 16.4. The van der Waals surface area contributed by atoms with E-state index >= 15 is 0 Å². The lowest BCUT2D eigenvalue weighted by Gasteiger charge is -2.10. The van der Waals surface area contributed by atoms with Crippen LogP contribution in [0.1, 0.15) is 5.82 Å². The SMILES string of the molecule is Nn1c(CNS(=O)(=O)c2ccccc2)nc2ccccc2c1=O. The molecule has 7 nitrogen and oxygen atoms in total. The molecule has 2 aromatic carbocycles. The van der Waals surface area contributed by atoms with Gasteiger partial charge in [0.1, 0.15) is 5.82 Å². The van der Waals surface area contributed by atoms with E-state index < -0.39 is 15.6 Å². The minimum atomic E-state index is -3.70. The van der Waals surface area contributed by atoms with Crippen LogP contribution < -0.4 is 16.1 Å². The quantitative estimate of drug-likeness (QED) is 0.681. The molecule has 0 amide bonds. The molecule has 0 unspecified atom stereocenters. The van der Waals surface area contributed by atoms with Gasteiger partial charge in [0.25, 0.3) is 5.56 Å². The molecule has 118 valence electrons. The molecule has 0 atom stereocenters. The number of rotatable bonds is 4. The fourth-order valence-corrected chi connectivity index (χ4v) is 3.16. The van der Waals surface area contributed by atoms with Gasteiger partial charge in [-0.15, -0.1) is 0 Å². The van der Waals surface area contributed by atoms with Crippen LogP contribution >= 0.6 is 0 Å². The molecule has 0 saturated carbocycles. The monoisotopic (exact) mass is 330 g/mol. The number of fused-ring (bicyclic) bond motifs is 1. The predicted molar refractivity (Wildman–Crippen MR) is 86.6 cm³/mol. The smallest absolute Gasteiger partial charge is 0.279 e. The molecule has 3 rings (SSSR count). The molecular formula is C15H14N4O3S.